The van der Waals surface area contributed by atoms with Gasteiger partial charge in [0.15, 0.2) is 0 Å². The molecular weight excluding hydrogens is 194 g/mol. The number of nitrogens with one attached hydrogen (secondary N) is 1. The Kier molecular flexibility index (Phi) is 2.69. The smallest absolute Gasteiger partial charge is 0.0637 e. The number of halogens is 1. The standard InChI is InChI=1S/C12H16ClN/c1-8-7-10(8)9(2)14-12-6-4-3-5-11(12)13/h3-6,8-10,14H,7H2,1-2H3. The van der Waals surface area contributed by atoms with Gasteiger partial charge in [-0.25, -0.2) is 0 Å². The van der Waals surface area contributed by atoms with Crippen LogP contribution in [-0.2, 0) is 0 Å². The van der Waals surface area contributed by atoms with Crippen LogP contribution in [0.1, 0.15) is 20.3 Å². The third kappa shape index (κ3) is 2.03. The van der Waals surface area contributed by atoms with Crippen molar-refractivity contribution >= 4 is 17.3 Å². The second-order valence-electron chi connectivity index (χ2n) is 4.29. The zero-order chi connectivity index (χ0) is 10.1. The van der Waals surface area contributed by atoms with Gasteiger partial charge in [-0.05, 0) is 37.3 Å². The zero-order valence-electron chi connectivity index (χ0n) is 8.63. The van der Waals surface area contributed by atoms with Crippen LogP contribution in [0.2, 0.25) is 5.02 Å². The fraction of sp³-hybridized carbons (Fsp3) is 0.500. The van der Waals surface area contributed by atoms with E-state index in [1.807, 2.05) is 24.3 Å². The summed E-state index contributed by atoms with van der Waals surface area (Å²) in [7, 11) is 0. The van der Waals surface area contributed by atoms with Crippen molar-refractivity contribution in [3.63, 3.8) is 0 Å². The van der Waals surface area contributed by atoms with Crippen LogP contribution in [0, 0.1) is 11.8 Å². The molecule has 0 spiro atoms. The lowest BCUT2D eigenvalue weighted by Crippen LogP contribution is -2.18. The van der Waals surface area contributed by atoms with Crippen molar-refractivity contribution in [1.29, 1.82) is 0 Å². The first-order valence-corrected chi connectivity index (χ1v) is 5.57. The molecule has 1 nitrogen and oxygen atoms in total. The summed E-state index contributed by atoms with van der Waals surface area (Å²) in [6.07, 6.45) is 1.35. The summed E-state index contributed by atoms with van der Waals surface area (Å²) >= 11 is 6.07. The molecule has 0 heterocycles. The number of benzene rings is 1. The van der Waals surface area contributed by atoms with Crippen molar-refractivity contribution in [2.24, 2.45) is 11.8 Å². The topological polar surface area (TPSA) is 12.0 Å². The molecule has 3 unspecified atom stereocenters. The minimum absolute atomic E-state index is 0.532. The molecule has 1 aliphatic carbocycles. The molecule has 0 aliphatic heterocycles. The van der Waals surface area contributed by atoms with Crippen molar-refractivity contribution in [2.45, 2.75) is 26.3 Å². The molecule has 14 heavy (non-hydrogen) atoms. The van der Waals surface area contributed by atoms with Crippen LogP contribution < -0.4 is 5.32 Å². The molecule has 1 aromatic rings. The van der Waals surface area contributed by atoms with Crippen LogP contribution in [0.15, 0.2) is 24.3 Å². The fourth-order valence-electron chi connectivity index (χ4n) is 1.98. The van der Waals surface area contributed by atoms with Gasteiger partial charge in [0.05, 0.1) is 10.7 Å². The molecule has 76 valence electrons. The van der Waals surface area contributed by atoms with E-state index in [1.54, 1.807) is 0 Å². The van der Waals surface area contributed by atoms with E-state index in [-0.39, 0.29) is 0 Å². The third-order valence-electron chi connectivity index (χ3n) is 3.07. The first-order valence-electron chi connectivity index (χ1n) is 5.19. The molecule has 2 heteroatoms. The largest absolute Gasteiger partial charge is 0.381 e. The van der Waals surface area contributed by atoms with E-state index in [4.69, 9.17) is 11.6 Å². The minimum Gasteiger partial charge on any atom is -0.381 e. The minimum atomic E-state index is 0.532. The first-order chi connectivity index (χ1) is 6.68. The summed E-state index contributed by atoms with van der Waals surface area (Å²) in [5.41, 5.74) is 1.06. The molecule has 1 fully saturated rings. The number of para-hydroxylation sites is 1. The molecular formula is C12H16ClN. The lowest BCUT2D eigenvalue weighted by molar-refractivity contribution is 0.645. The average Bonchev–Trinajstić information content (AvgIpc) is 2.87. The number of anilines is 1. The van der Waals surface area contributed by atoms with Crippen molar-refractivity contribution in [3.05, 3.63) is 29.3 Å². The molecule has 0 amide bonds. The fourth-order valence-corrected chi connectivity index (χ4v) is 2.17. The molecule has 1 N–H and O–H groups in total. The summed E-state index contributed by atoms with van der Waals surface area (Å²) in [4.78, 5) is 0. The van der Waals surface area contributed by atoms with Gasteiger partial charge in [0.1, 0.15) is 0 Å². The van der Waals surface area contributed by atoms with Crippen LogP contribution in [0.5, 0.6) is 0 Å². The summed E-state index contributed by atoms with van der Waals surface area (Å²) in [6.45, 7) is 4.53. The quantitative estimate of drug-likeness (QED) is 0.799. The second kappa shape index (κ2) is 3.82. The second-order valence-corrected chi connectivity index (χ2v) is 4.70. The maximum atomic E-state index is 6.07. The lowest BCUT2D eigenvalue weighted by Gasteiger charge is -2.15. The van der Waals surface area contributed by atoms with Crippen molar-refractivity contribution in [1.82, 2.24) is 0 Å². The van der Waals surface area contributed by atoms with Crippen LogP contribution >= 0.6 is 11.6 Å². The van der Waals surface area contributed by atoms with E-state index in [2.05, 4.69) is 19.2 Å². The Morgan fingerprint density at radius 1 is 1.43 bits per heavy atom. The Morgan fingerprint density at radius 2 is 2.07 bits per heavy atom. The van der Waals surface area contributed by atoms with Crippen molar-refractivity contribution in [3.8, 4) is 0 Å². The van der Waals surface area contributed by atoms with Gasteiger partial charge in [-0.1, -0.05) is 30.7 Å². The van der Waals surface area contributed by atoms with Gasteiger partial charge in [0, 0.05) is 6.04 Å². The van der Waals surface area contributed by atoms with Crippen LogP contribution in [-0.4, -0.2) is 6.04 Å². The van der Waals surface area contributed by atoms with E-state index in [1.165, 1.54) is 6.42 Å². The van der Waals surface area contributed by atoms with Crippen LogP contribution in [0.4, 0.5) is 5.69 Å². The summed E-state index contributed by atoms with van der Waals surface area (Å²) < 4.78 is 0. The highest BCUT2D eigenvalue weighted by atomic mass is 35.5. The SMILES string of the molecule is CC1CC1C(C)Nc1ccccc1Cl. The molecule has 2 rings (SSSR count). The molecule has 1 aromatic carbocycles. The number of rotatable bonds is 3. The Hall–Kier alpha value is -0.690. The molecule has 0 bridgehead atoms. The maximum Gasteiger partial charge on any atom is 0.0637 e. The van der Waals surface area contributed by atoms with Gasteiger partial charge in [-0.15, -0.1) is 0 Å². The Balaban J connectivity index is 2.00. The molecule has 0 radical (unpaired) electrons. The van der Waals surface area contributed by atoms with Gasteiger partial charge < -0.3 is 5.32 Å². The normalized spacial score (nSPS) is 27.1. The Morgan fingerprint density at radius 3 is 2.64 bits per heavy atom. The highest BCUT2D eigenvalue weighted by Gasteiger charge is 2.37. The maximum absolute atomic E-state index is 6.07. The molecule has 3 atom stereocenters. The molecule has 0 saturated heterocycles. The summed E-state index contributed by atoms with van der Waals surface area (Å²) in [5, 5.41) is 4.28. The highest BCUT2D eigenvalue weighted by molar-refractivity contribution is 6.33. The lowest BCUT2D eigenvalue weighted by atomic mass is 10.1. The van der Waals surface area contributed by atoms with E-state index in [9.17, 15) is 0 Å². The third-order valence-corrected chi connectivity index (χ3v) is 3.40. The summed E-state index contributed by atoms with van der Waals surface area (Å²) in [6, 6.07) is 8.46. The first kappa shape index (κ1) is 9.85. The van der Waals surface area contributed by atoms with Gasteiger partial charge in [0.2, 0.25) is 0 Å². The Bertz CT molecular complexity index is 324. The Labute approximate surface area is 90.5 Å². The monoisotopic (exact) mass is 209 g/mol. The van der Waals surface area contributed by atoms with E-state index in [0.717, 1.165) is 22.5 Å². The van der Waals surface area contributed by atoms with E-state index >= 15 is 0 Å². The van der Waals surface area contributed by atoms with Gasteiger partial charge in [-0.2, -0.15) is 0 Å². The number of hydrogen-bond donors (Lipinski definition) is 1. The average molecular weight is 210 g/mol. The van der Waals surface area contributed by atoms with E-state index in [0.29, 0.717) is 6.04 Å². The molecule has 0 aromatic heterocycles. The zero-order valence-corrected chi connectivity index (χ0v) is 9.38. The van der Waals surface area contributed by atoms with Crippen LogP contribution in [0.3, 0.4) is 0 Å². The van der Waals surface area contributed by atoms with E-state index < -0.39 is 0 Å². The summed E-state index contributed by atoms with van der Waals surface area (Å²) in [5.74, 6) is 1.70. The predicted molar refractivity (Wildman–Crippen MR) is 61.8 cm³/mol. The molecule has 1 saturated carbocycles. The van der Waals surface area contributed by atoms with Gasteiger partial charge in [0.25, 0.3) is 0 Å². The molecule has 1 aliphatic rings. The van der Waals surface area contributed by atoms with Crippen LogP contribution in [0.25, 0.3) is 0 Å². The van der Waals surface area contributed by atoms with Crippen molar-refractivity contribution in [2.75, 3.05) is 5.32 Å². The van der Waals surface area contributed by atoms with Gasteiger partial charge >= 0.3 is 0 Å². The predicted octanol–water partition coefficient (Wildman–Crippen LogP) is 3.80. The highest BCUT2D eigenvalue weighted by Crippen LogP contribution is 2.41. The number of hydrogen-bond acceptors (Lipinski definition) is 1. The van der Waals surface area contributed by atoms with Crippen molar-refractivity contribution < 1.29 is 0 Å². The van der Waals surface area contributed by atoms with Gasteiger partial charge in [-0.3, -0.25) is 0 Å².